The third-order valence-electron chi connectivity index (χ3n) is 2.46. The molecule has 6 heteroatoms. The number of nitrogens with one attached hydrogen (secondary N) is 1. The van der Waals surface area contributed by atoms with Gasteiger partial charge in [-0.2, -0.15) is 0 Å². The van der Waals surface area contributed by atoms with Crippen molar-refractivity contribution in [3.8, 4) is 0 Å². The number of hydrogen-bond acceptors (Lipinski definition) is 3. The van der Waals surface area contributed by atoms with E-state index in [2.05, 4.69) is 11.9 Å². The Morgan fingerprint density at radius 3 is 2.76 bits per heavy atom. The average molecular weight is 252 g/mol. The van der Waals surface area contributed by atoms with E-state index in [0.29, 0.717) is 12.1 Å². The van der Waals surface area contributed by atoms with Gasteiger partial charge >= 0.3 is 6.03 Å². The molecule has 0 atom stereocenters. The number of amides is 2. The lowest BCUT2D eigenvalue weighted by Gasteiger charge is -2.28. The van der Waals surface area contributed by atoms with Crippen LogP contribution >= 0.6 is 0 Å². The van der Waals surface area contributed by atoms with Gasteiger partial charge in [0.1, 0.15) is 4.90 Å². The van der Waals surface area contributed by atoms with Crippen LogP contribution in [0.15, 0.2) is 41.8 Å². The van der Waals surface area contributed by atoms with Crippen molar-refractivity contribution in [1.29, 1.82) is 0 Å². The van der Waals surface area contributed by atoms with Gasteiger partial charge in [-0.25, -0.2) is 17.5 Å². The van der Waals surface area contributed by atoms with Gasteiger partial charge in [-0.15, -0.1) is 6.58 Å². The molecule has 0 spiro atoms. The first kappa shape index (κ1) is 11.7. The number of anilines is 1. The molecule has 0 bridgehead atoms. The Kier molecular flexibility index (Phi) is 2.89. The van der Waals surface area contributed by atoms with E-state index in [4.69, 9.17) is 0 Å². The molecule has 1 heterocycles. The standard InChI is InChI=1S/C11H12N2O3S/c1-2-3-8-13-11(14)12-9-6-4-5-7-10(9)17(13,15)16/h2,4-7H,1,3,8H2,(H,12,14). The SMILES string of the molecule is C=CCCN1C(=O)Nc2ccccc2S1(=O)=O. The van der Waals surface area contributed by atoms with E-state index < -0.39 is 16.1 Å². The van der Waals surface area contributed by atoms with E-state index in [1.165, 1.54) is 6.07 Å². The lowest BCUT2D eigenvalue weighted by molar-refractivity contribution is 0.235. The van der Waals surface area contributed by atoms with Gasteiger partial charge in [-0.3, -0.25) is 0 Å². The fourth-order valence-electron chi connectivity index (χ4n) is 1.63. The summed E-state index contributed by atoms with van der Waals surface area (Å²) in [6.45, 7) is 3.61. The van der Waals surface area contributed by atoms with E-state index in [-0.39, 0.29) is 11.4 Å². The van der Waals surface area contributed by atoms with Crippen molar-refractivity contribution < 1.29 is 13.2 Å². The number of rotatable bonds is 3. The quantitative estimate of drug-likeness (QED) is 0.834. The Morgan fingerprint density at radius 2 is 2.06 bits per heavy atom. The zero-order valence-corrected chi connectivity index (χ0v) is 9.90. The highest BCUT2D eigenvalue weighted by Gasteiger charge is 2.35. The first-order valence-electron chi connectivity index (χ1n) is 5.11. The number of hydrogen-bond donors (Lipinski definition) is 1. The number of nitrogens with zero attached hydrogens (tertiary/aromatic N) is 1. The summed E-state index contributed by atoms with van der Waals surface area (Å²) in [5.74, 6) is 0. The van der Waals surface area contributed by atoms with Crippen molar-refractivity contribution >= 4 is 21.7 Å². The average Bonchev–Trinajstić information content (AvgIpc) is 2.28. The van der Waals surface area contributed by atoms with Crippen molar-refractivity contribution in [2.75, 3.05) is 11.9 Å². The summed E-state index contributed by atoms with van der Waals surface area (Å²) in [5, 5.41) is 2.55. The van der Waals surface area contributed by atoms with Gasteiger partial charge in [0.2, 0.25) is 0 Å². The minimum Gasteiger partial charge on any atom is -0.306 e. The second-order valence-corrected chi connectivity index (χ2v) is 5.41. The van der Waals surface area contributed by atoms with Crippen LogP contribution in [0.4, 0.5) is 10.5 Å². The Balaban J connectivity index is 2.47. The molecule has 2 rings (SSSR count). The van der Waals surface area contributed by atoms with Crippen LogP contribution in [0.25, 0.3) is 0 Å². The van der Waals surface area contributed by atoms with Crippen molar-refractivity contribution in [2.45, 2.75) is 11.3 Å². The maximum atomic E-state index is 12.2. The van der Waals surface area contributed by atoms with Crippen molar-refractivity contribution in [3.05, 3.63) is 36.9 Å². The predicted molar refractivity (Wildman–Crippen MR) is 64.2 cm³/mol. The van der Waals surface area contributed by atoms with Gasteiger partial charge in [-0.1, -0.05) is 18.2 Å². The highest BCUT2D eigenvalue weighted by Crippen LogP contribution is 2.29. The second-order valence-electron chi connectivity index (χ2n) is 3.58. The molecule has 0 saturated heterocycles. The lowest BCUT2D eigenvalue weighted by Crippen LogP contribution is -2.44. The summed E-state index contributed by atoms with van der Waals surface area (Å²) in [4.78, 5) is 11.8. The highest BCUT2D eigenvalue weighted by atomic mass is 32.2. The zero-order chi connectivity index (χ0) is 12.5. The van der Waals surface area contributed by atoms with Gasteiger partial charge in [0.15, 0.2) is 0 Å². The van der Waals surface area contributed by atoms with Crippen molar-refractivity contribution in [3.63, 3.8) is 0 Å². The normalized spacial score (nSPS) is 17.2. The van der Waals surface area contributed by atoms with E-state index in [1.54, 1.807) is 24.3 Å². The molecule has 1 aliphatic heterocycles. The third-order valence-corrected chi connectivity index (χ3v) is 4.30. The molecular formula is C11H12N2O3S. The maximum Gasteiger partial charge on any atom is 0.335 e. The number of urea groups is 1. The predicted octanol–water partition coefficient (Wildman–Crippen LogP) is 1.80. The number of benzene rings is 1. The Morgan fingerprint density at radius 1 is 1.35 bits per heavy atom. The largest absolute Gasteiger partial charge is 0.335 e. The molecule has 17 heavy (non-hydrogen) atoms. The van der Waals surface area contributed by atoms with Crippen molar-refractivity contribution in [2.24, 2.45) is 0 Å². The Bertz CT molecular complexity index is 566. The smallest absolute Gasteiger partial charge is 0.306 e. The minimum absolute atomic E-state index is 0.103. The van der Waals surface area contributed by atoms with E-state index >= 15 is 0 Å². The van der Waals surface area contributed by atoms with Crippen LogP contribution in [0.1, 0.15) is 6.42 Å². The molecular weight excluding hydrogens is 240 g/mol. The molecule has 1 aromatic carbocycles. The fraction of sp³-hybridized carbons (Fsp3) is 0.182. The molecule has 0 saturated carbocycles. The fourth-order valence-corrected chi connectivity index (χ4v) is 3.13. The topological polar surface area (TPSA) is 66.5 Å². The molecule has 1 aliphatic rings. The molecule has 0 aromatic heterocycles. The van der Waals surface area contributed by atoms with Gasteiger partial charge in [0.25, 0.3) is 10.0 Å². The zero-order valence-electron chi connectivity index (χ0n) is 9.09. The van der Waals surface area contributed by atoms with Gasteiger partial charge in [0, 0.05) is 6.54 Å². The molecule has 1 aromatic rings. The molecule has 90 valence electrons. The van der Waals surface area contributed by atoms with E-state index in [0.717, 1.165) is 4.31 Å². The Labute approximate surface area is 99.8 Å². The molecule has 0 aliphatic carbocycles. The van der Waals surface area contributed by atoms with Crippen molar-refractivity contribution in [1.82, 2.24) is 4.31 Å². The second kappa shape index (κ2) is 4.21. The summed E-state index contributed by atoms with van der Waals surface area (Å²) in [6.07, 6.45) is 2.00. The molecule has 0 fully saturated rings. The maximum absolute atomic E-state index is 12.2. The number of sulfonamides is 1. The third kappa shape index (κ3) is 1.91. The van der Waals surface area contributed by atoms with Crippen LogP contribution in [0.3, 0.4) is 0 Å². The lowest BCUT2D eigenvalue weighted by atomic mass is 10.3. The molecule has 1 N–H and O–H groups in total. The van der Waals surface area contributed by atoms with Crippen LogP contribution in [-0.4, -0.2) is 25.3 Å². The summed E-state index contributed by atoms with van der Waals surface area (Å²) in [5.41, 5.74) is 0.326. The number of carbonyl (C=O) groups is 1. The molecule has 0 radical (unpaired) electrons. The molecule has 5 nitrogen and oxygen atoms in total. The van der Waals surface area contributed by atoms with E-state index in [9.17, 15) is 13.2 Å². The number of fused-ring (bicyclic) bond motifs is 1. The summed E-state index contributed by atoms with van der Waals surface area (Å²) in [6, 6.07) is 5.72. The first-order chi connectivity index (χ1) is 8.07. The number of para-hydroxylation sites is 1. The Hall–Kier alpha value is -1.82. The van der Waals surface area contributed by atoms with Gasteiger partial charge < -0.3 is 5.32 Å². The van der Waals surface area contributed by atoms with Crippen LogP contribution in [0, 0.1) is 0 Å². The first-order valence-corrected chi connectivity index (χ1v) is 6.55. The summed E-state index contributed by atoms with van der Waals surface area (Å²) in [7, 11) is -3.73. The van der Waals surface area contributed by atoms with E-state index in [1.807, 2.05) is 0 Å². The van der Waals surface area contributed by atoms with Crippen LogP contribution in [0.5, 0.6) is 0 Å². The summed E-state index contributed by atoms with van der Waals surface area (Å²) >= 11 is 0. The van der Waals surface area contributed by atoms with Gasteiger partial charge in [0.05, 0.1) is 5.69 Å². The van der Waals surface area contributed by atoms with Gasteiger partial charge in [-0.05, 0) is 18.6 Å². The monoisotopic (exact) mass is 252 g/mol. The van der Waals surface area contributed by atoms with Crippen LogP contribution in [-0.2, 0) is 10.0 Å². The number of carbonyl (C=O) groups excluding carboxylic acids is 1. The van der Waals surface area contributed by atoms with Crippen LogP contribution < -0.4 is 5.32 Å². The molecule has 0 unspecified atom stereocenters. The van der Waals surface area contributed by atoms with Crippen LogP contribution in [0.2, 0.25) is 0 Å². The minimum atomic E-state index is -3.73. The summed E-state index contributed by atoms with van der Waals surface area (Å²) < 4.78 is 25.1. The molecule has 2 amide bonds. The highest BCUT2D eigenvalue weighted by molar-refractivity contribution is 7.90.